The van der Waals surface area contributed by atoms with Crippen molar-refractivity contribution in [1.29, 1.82) is 0 Å². The van der Waals surface area contributed by atoms with Crippen LogP contribution in [0.25, 0.3) is 0 Å². The second-order valence-electron chi connectivity index (χ2n) is 6.34. The van der Waals surface area contributed by atoms with Gasteiger partial charge in [-0.05, 0) is 49.6 Å². The van der Waals surface area contributed by atoms with Crippen LogP contribution in [0.15, 0.2) is 48.8 Å². The van der Waals surface area contributed by atoms with Crippen LogP contribution < -0.4 is 10.6 Å². The quantitative estimate of drug-likeness (QED) is 0.893. The maximum atomic E-state index is 13.7. The first-order chi connectivity index (χ1) is 12.1. The Kier molecular flexibility index (Phi) is 5.48. The number of hydrogen-bond donors (Lipinski definition) is 2. The predicted octanol–water partition coefficient (Wildman–Crippen LogP) is 3.57. The molecule has 6 heteroatoms. The highest BCUT2D eigenvalue weighted by Gasteiger charge is 2.24. The molecule has 1 aromatic heterocycles. The highest BCUT2D eigenvalue weighted by Crippen LogP contribution is 2.20. The van der Waals surface area contributed by atoms with Gasteiger partial charge in [0.1, 0.15) is 5.82 Å². The summed E-state index contributed by atoms with van der Waals surface area (Å²) in [5.41, 5.74) is 1.55. The van der Waals surface area contributed by atoms with Crippen molar-refractivity contribution in [3.63, 3.8) is 0 Å². The van der Waals surface area contributed by atoms with Crippen LogP contribution in [0, 0.1) is 5.82 Å². The molecule has 2 amide bonds. The number of pyridine rings is 1. The highest BCUT2D eigenvalue weighted by atomic mass is 19.1. The second-order valence-corrected chi connectivity index (χ2v) is 6.34. The van der Waals surface area contributed by atoms with E-state index in [0.717, 1.165) is 18.4 Å². The van der Waals surface area contributed by atoms with Gasteiger partial charge in [0.15, 0.2) is 0 Å². The maximum absolute atomic E-state index is 13.7. The summed E-state index contributed by atoms with van der Waals surface area (Å²) in [5, 5.41) is 6.25. The third kappa shape index (κ3) is 4.47. The number of nitrogens with one attached hydrogen (secondary N) is 2. The van der Waals surface area contributed by atoms with Gasteiger partial charge in [-0.25, -0.2) is 9.18 Å². The lowest BCUT2D eigenvalue weighted by molar-refractivity contribution is 0.180. The fourth-order valence-electron chi connectivity index (χ4n) is 3.04. The van der Waals surface area contributed by atoms with E-state index in [9.17, 15) is 9.18 Å². The van der Waals surface area contributed by atoms with E-state index in [1.807, 2.05) is 30.0 Å². The van der Waals surface area contributed by atoms with Crippen LogP contribution in [0.5, 0.6) is 0 Å². The van der Waals surface area contributed by atoms with Gasteiger partial charge in [0, 0.05) is 31.5 Å². The first kappa shape index (κ1) is 17.2. The Bertz CT molecular complexity index is 702. The van der Waals surface area contributed by atoms with Crippen molar-refractivity contribution in [1.82, 2.24) is 15.2 Å². The van der Waals surface area contributed by atoms with E-state index in [1.165, 1.54) is 6.07 Å². The molecule has 1 fully saturated rings. The van der Waals surface area contributed by atoms with E-state index in [2.05, 4.69) is 15.6 Å². The zero-order valence-corrected chi connectivity index (χ0v) is 14.3. The molecule has 2 heterocycles. The number of aromatic nitrogens is 1. The molecule has 0 spiro atoms. The molecule has 1 saturated heterocycles. The number of piperidine rings is 1. The number of nitrogens with zero attached hydrogens (tertiary/aromatic N) is 2. The van der Waals surface area contributed by atoms with Gasteiger partial charge in [0.05, 0.1) is 11.7 Å². The molecule has 1 aliphatic rings. The van der Waals surface area contributed by atoms with Gasteiger partial charge >= 0.3 is 6.03 Å². The molecule has 1 aliphatic heterocycles. The largest absolute Gasteiger partial charge is 0.380 e. The summed E-state index contributed by atoms with van der Waals surface area (Å²) in [4.78, 5) is 18.2. The van der Waals surface area contributed by atoms with Crippen LogP contribution in [-0.2, 0) is 0 Å². The first-order valence-electron chi connectivity index (χ1n) is 8.60. The van der Waals surface area contributed by atoms with Crippen LogP contribution in [-0.4, -0.2) is 35.0 Å². The Morgan fingerprint density at radius 1 is 1.20 bits per heavy atom. The number of rotatable bonds is 4. The van der Waals surface area contributed by atoms with Crippen LogP contribution in [0.4, 0.5) is 14.9 Å². The number of amides is 2. The number of para-hydroxylation sites is 1. The third-order valence-corrected chi connectivity index (χ3v) is 4.56. The number of likely N-dealkylation sites (tertiary alicyclic amines) is 1. The van der Waals surface area contributed by atoms with Crippen LogP contribution in [0.1, 0.15) is 31.4 Å². The van der Waals surface area contributed by atoms with Gasteiger partial charge < -0.3 is 15.5 Å². The molecule has 132 valence electrons. The minimum atomic E-state index is -0.242. The van der Waals surface area contributed by atoms with E-state index >= 15 is 0 Å². The van der Waals surface area contributed by atoms with Gasteiger partial charge in [-0.15, -0.1) is 0 Å². The number of carbonyl (C=O) groups is 1. The summed E-state index contributed by atoms with van der Waals surface area (Å²) < 4.78 is 13.7. The summed E-state index contributed by atoms with van der Waals surface area (Å²) in [6.45, 7) is 3.27. The van der Waals surface area contributed by atoms with Gasteiger partial charge in [-0.2, -0.15) is 0 Å². The van der Waals surface area contributed by atoms with Crippen molar-refractivity contribution < 1.29 is 9.18 Å². The summed E-state index contributed by atoms with van der Waals surface area (Å²) >= 11 is 0. The molecule has 1 atom stereocenters. The number of benzene rings is 1. The summed E-state index contributed by atoms with van der Waals surface area (Å²) in [6, 6.07) is 10.5. The molecule has 0 aliphatic carbocycles. The number of urea groups is 1. The lowest BCUT2D eigenvalue weighted by atomic mass is 10.0. The Morgan fingerprint density at radius 2 is 1.88 bits per heavy atom. The first-order valence-corrected chi connectivity index (χ1v) is 8.60. The molecule has 0 bridgehead atoms. The normalized spacial score (nSPS) is 16.3. The standard InChI is InChI=1S/C19H23FN4O/c1-14(15-6-10-21-11-7-15)22-19(25)24-12-8-16(9-13-24)23-18-5-3-2-4-17(18)20/h2-7,10-11,14,16,23H,8-9,12-13H2,1H3,(H,22,25). The molecule has 25 heavy (non-hydrogen) atoms. The molecule has 0 radical (unpaired) electrons. The van der Waals surface area contributed by atoms with E-state index in [1.54, 1.807) is 24.5 Å². The second kappa shape index (κ2) is 7.96. The Labute approximate surface area is 147 Å². The van der Waals surface area contributed by atoms with E-state index < -0.39 is 0 Å². The highest BCUT2D eigenvalue weighted by molar-refractivity contribution is 5.74. The minimum Gasteiger partial charge on any atom is -0.380 e. The van der Waals surface area contributed by atoms with Crippen molar-refractivity contribution in [2.75, 3.05) is 18.4 Å². The fraction of sp³-hybridized carbons (Fsp3) is 0.368. The van der Waals surface area contributed by atoms with E-state index in [4.69, 9.17) is 0 Å². The van der Waals surface area contributed by atoms with Gasteiger partial charge in [-0.3, -0.25) is 4.98 Å². The third-order valence-electron chi connectivity index (χ3n) is 4.56. The molecule has 1 aromatic carbocycles. The van der Waals surface area contributed by atoms with Crippen LogP contribution in [0.3, 0.4) is 0 Å². The van der Waals surface area contributed by atoms with Gasteiger partial charge in [0.25, 0.3) is 0 Å². The molecule has 5 nitrogen and oxygen atoms in total. The lowest BCUT2D eigenvalue weighted by Gasteiger charge is -2.33. The molecule has 2 N–H and O–H groups in total. The Morgan fingerprint density at radius 3 is 2.56 bits per heavy atom. The number of hydrogen-bond acceptors (Lipinski definition) is 3. The average molecular weight is 342 g/mol. The van der Waals surface area contributed by atoms with Crippen molar-refractivity contribution in [2.45, 2.75) is 31.8 Å². The van der Waals surface area contributed by atoms with Crippen LogP contribution in [0.2, 0.25) is 0 Å². The van der Waals surface area contributed by atoms with Crippen molar-refractivity contribution >= 4 is 11.7 Å². The smallest absolute Gasteiger partial charge is 0.317 e. The molecule has 3 rings (SSSR count). The molecule has 0 saturated carbocycles. The zero-order chi connectivity index (χ0) is 17.6. The van der Waals surface area contributed by atoms with Crippen molar-refractivity contribution in [3.8, 4) is 0 Å². The van der Waals surface area contributed by atoms with Gasteiger partial charge in [-0.1, -0.05) is 12.1 Å². The van der Waals surface area contributed by atoms with E-state index in [0.29, 0.717) is 18.8 Å². The average Bonchev–Trinajstić information content (AvgIpc) is 2.65. The van der Waals surface area contributed by atoms with Gasteiger partial charge in [0.2, 0.25) is 0 Å². The minimum absolute atomic E-state index is 0.0614. The zero-order valence-electron chi connectivity index (χ0n) is 14.3. The number of halogens is 1. The molecule has 1 unspecified atom stereocenters. The monoisotopic (exact) mass is 342 g/mol. The fourth-order valence-corrected chi connectivity index (χ4v) is 3.04. The maximum Gasteiger partial charge on any atom is 0.317 e. The Hall–Kier alpha value is -2.63. The summed E-state index contributed by atoms with van der Waals surface area (Å²) in [5.74, 6) is -0.242. The van der Waals surface area contributed by atoms with E-state index in [-0.39, 0.29) is 23.9 Å². The van der Waals surface area contributed by atoms with Crippen molar-refractivity contribution in [2.24, 2.45) is 0 Å². The number of anilines is 1. The topological polar surface area (TPSA) is 57.3 Å². The van der Waals surface area contributed by atoms with Crippen LogP contribution >= 0.6 is 0 Å². The molecular weight excluding hydrogens is 319 g/mol. The van der Waals surface area contributed by atoms with Crippen molar-refractivity contribution in [3.05, 3.63) is 60.2 Å². The lowest BCUT2D eigenvalue weighted by Crippen LogP contribution is -2.47. The summed E-state index contributed by atoms with van der Waals surface area (Å²) in [7, 11) is 0. The SMILES string of the molecule is CC(NC(=O)N1CCC(Nc2ccccc2F)CC1)c1ccncc1. The Balaban J connectivity index is 1.48. The summed E-state index contributed by atoms with van der Waals surface area (Å²) in [6.07, 6.45) is 5.03. The predicted molar refractivity (Wildman–Crippen MR) is 95.8 cm³/mol. The number of carbonyl (C=O) groups excluding carboxylic acids is 1. The molecular formula is C19H23FN4O. The molecule has 2 aromatic rings.